The zero-order valence-electron chi connectivity index (χ0n) is 22.9. The molecule has 1 aliphatic rings. The van der Waals surface area contributed by atoms with Crippen LogP contribution >= 0.6 is 23.2 Å². The van der Waals surface area contributed by atoms with Crippen molar-refractivity contribution in [3.63, 3.8) is 0 Å². The molecule has 1 amide bonds. The van der Waals surface area contributed by atoms with E-state index in [-0.39, 0.29) is 24.2 Å². The molecule has 1 aliphatic carbocycles. The van der Waals surface area contributed by atoms with Gasteiger partial charge in [-0.05, 0) is 77.2 Å². The number of carboxylic acids is 1. The Hall–Kier alpha value is -4.33. The maximum absolute atomic E-state index is 12.4. The average molecular weight is 603 g/mol. The first-order valence-corrected chi connectivity index (χ1v) is 14.2. The van der Waals surface area contributed by atoms with E-state index < -0.39 is 5.97 Å². The highest BCUT2D eigenvalue weighted by molar-refractivity contribution is 6.33. The predicted molar refractivity (Wildman–Crippen MR) is 166 cm³/mol. The van der Waals surface area contributed by atoms with Crippen LogP contribution in [0, 0.1) is 0 Å². The Kier molecular flexibility index (Phi) is 9.10. The number of benzene rings is 3. The largest absolute Gasteiger partial charge is 0.497 e. The third kappa shape index (κ3) is 7.11. The van der Waals surface area contributed by atoms with Gasteiger partial charge in [0.15, 0.2) is 0 Å². The highest BCUT2D eigenvalue weighted by Crippen LogP contribution is 2.34. The van der Waals surface area contributed by atoms with Crippen LogP contribution in [0.3, 0.4) is 0 Å². The first-order valence-electron chi connectivity index (χ1n) is 13.4. The Labute approximate surface area is 254 Å². The van der Waals surface area contributed by atoms with E-state index >= 15 is 0 Å². The fourth-order valence-corrected chi connectivity index (χ4v) is 5.45. The highest BCUT2D eigenvalue weighted by Gasteiger charge is 2.19. The number of rotatable bonds is 10. The van der Waals surface area contributed by atoms with Gasteiger partial charge in [0, 0.05) is 22.7 Å². The van der Waals surface area contributed by atoms with Gasteiger partial charge in [-0.1, -0.05) is 54.1 Å². The van der Waals surface area contributed by atoms with Crippen LogP contribution in [-0.4, -0.2) is 45.8 Å². The van der Waals surface area contributed by atoms with Crippen LogP contribution in [0.15, 0.2) is 96.0 Å². The molecule has 0 saturated heterocycles. The first kappa shape index (κ1) is 29.2. The molecule has 0 spiro atoms. The van der Waals surface area contributed by atoms with Gasteiger partial charge in [-0.3, -0.25) is 14.3 Å². The number of amides is 1. The monoisotopic (exact) mass is 601 g/mol. The summed E-state index contributed by atoms with van der Waals surface area (Å²) in [5, 5.41) is 16.8. The van der Waals surface area contributed by atoms with Crippen LogP contribution < -0.4 is 10.1 Å². The van der Waals surface area contributed by atoms with Gasteiger partial charge in [0.25, 0.3) is 5.91 Å². The van der Waals surface area contributed by atoms with Gasteiger partial charge in [-0.15, -0.1) is 11.6 Å². The maximum atomic E-state index is 12.4. The Bertz CT molecular complexity index is 1670. The lowest BCUT2D eigenvalue weighted by Gasteiger charge is -2.13. The van der Waals surface area contributed by atoms with Crippen molar-refractivity contribution in [3.8, 4) is 28.1 Å². The number of carbonyl (C=O) groups is 2. The SMILES string of the molecule is COc1cccc(-c2cccc(-c3cc(C4=CC(Cl)=C[C@H](Cl)C4)nn3Cc3ccc(C(=O)NCCC(=O)O)cc3)c2)c1. The van der Waals surface area contributed by atoms with Gasteiger partial charge in [-0.25, -0.2) is 0 Å². The average Bonchev–Trinajstić information content (AvgIpc) is 3.41. The third-order valence-electron chi connectivity index (χ3n) is 6.91. The van der Waals surface area contributed by atoms with Crippen molar-refractivity contribution in [1.29, 1.82) is 0 Å². The van der Waals surface area contributed by atoms with Crippen molar-refractivity contribution in [1.82, 2.24) is 15.1 Å². The van der Waals surface area contributed by atoms with Crippen LogP contribution in [0.25, 0.3) is 28.0 Å². The molecule has 2 N–H and O–H groups in total. The summed E-state index contributed by atoms with van der Waals surface area (Å²) in [5.74, 6) is -0.490. The van der Waals surface area contributed by atoms with E-state index in [1.807, 2.05) is 59.3 Å². The number of aromatic nitrogens is 2. The molecule has 5 rings (SSSR count). The zero-order chi connectivity index (χ0) is 29.6. The number of nitrogens with zero attached hydrogens (tertiary/aromatic N) is 2. The van der Waals surface area contributed by atoms with E-state index in [1.165, 1.54) is 0 Å². The van der Waals surface area contributed by atoms with Gasteiger partial charge in [0.05, 0.1) is 36.8 Å². The van der Waals surface area contributed by atoms with Gasteiger partial charge >= 0.3 is 5.97 Å². The molecule has 1 atom stereocenters. The van der Waals surface area contributed by atoms with E-state index in [1.54, 1.807) is 19.2 Å². The molecule has 3 aromatic carbocycles. The fourth-order valence-electron chi connectivity index (χ4n) is 4.80. The Morgan fingerprint density at radius 1 is 1.02 bits per heavy atom. The number of alkyl halides is 1. The summed E-state index contributed by atoms with van der Waals surface area (Å²) in [6.45, 7) is 0.531. The van der Waals surface area contributed by atoms with Crippen LogP contribution in [0.5, 0.6) is 5.75 Å². The third-order valence-corrected chi connectivity index (χ3v) is 7.43. The number of allylic oxidation sites excluding steroid dienone is 4. The van der Waals surface area contributed by atoms with Gasteiger partial charge in [0.2, 0.25) is 0 Å². The second kappa shape index (κ2) is 13.1. The Balaban J connectivity index is 1.47. The quantitative estimate of drug-likeness (QED) is 0.191. The number of ether oxygens (including phenoxy) is 1. The normalized spacial score (nSPS) is 14.6. The van der Waals surface area contributed by atoms with E-state index in [2.05, 4.69) is 29.6 Å². The number of methoxy groups -OCH3 is 1. The van der Waals surface area contributed by atoms with Gasteiger partial charge in [-0.2, -0.15) is 5.10 Å². The number of aliphatic carboxylic acids is 1. The summed E-state index contributed by atoms with van der Waals surface area (Å²) in [6, 6.07) is 25.5. The maximum Gasteiger partial charge on any atom is 0.305 e. The first-order chi connectivity index (χ1) is 20.3. The molecule has 214 valence electrons. The summed E-state index contributed by atoms with van der Waals surface area (Å²) in [6.07, 6.45) is 4.21. The Morgan fingerprint density at radius 3 is 2.45 bits per heavy atom. The summed E-state index contributed by atoms with van der Waals surface area (Å²) in [4.78, 5) is 23.1. The number of hydrogen-bond donors (Lipinski definition) is 2. The second-order valence-electron chi connectivity index (χ2n) is 9.92. The Morgan fingerprint density at radius 2 is 1.74 bits per heavy atom. The lowest BCUT2D eigenvalue weighted by Crippen LogP contribution is -2.25. The van der Waals surface area contributed by atoms with Crippen LogP contribution in [0.2, 0.25) is 0 Å². The lowest BCUT2D eigenvalue weighted by atomic mass is 9.99. The van der Waals surface area contributed by atoms with E-state index in [0.29, 0.717) is 23.6 Å². The molecule has 1 heterocycles. The molecule has 0 saturated carbocycles. The molecule has 42 heavy (non-hydrogen) atoms. The number of hydrogen-bond acceptors (Lipinski definition) is 4. The minimum atomic E-state index is -0.960. The molecule has 4 aromatic rings. The molecular weight excluding hydrogens is 573 g/mol. The van der Waals surface area contributed by atoms with Gasteiger partial charge < -0.3 is 15.2 Å². The molecule has 7 nitrogen and oxygen atoms in total. The summed E-state index contributed by atoms with van der Waals surface area (Å²) in [5.41, 5.74) is 7.15. The standard InChI is InChI=1S/C33H29Cl2N3O4/c1-42-29-7-3-5-24(17-29)23-4-2-6-25(14-23)31-19-30(26-15-27(34)18-28(35)16-26)37-38(31)20-21-8-10-22(11-9-21)33(41)36-13-12-32(39)40/h2-11,14-15,17-19,28H,12-13,16,20H2,1H3,(H,36,41)(H,39,40)/t28-/m1/s1. The summed E-state index contributed by atoms with van der Waals surface area (Å²) >= 11 is 12.8. The van der Waals surface area contributed by atoms with Crippen molar-refractivity contribution in [2.45, 2.75) is 24.8 Å². The molecule has 0 radical (unpaired) electrons. The van der Waals surface area contributed by atoms with Crippen molar-refractivity contribution in [3.05, 3.63) is 113 Å². The number of halogens is 2. The zero-order valence-corrected chi connectivity index (χ0v) is 24.4. The lowest BCUT2D eigenvalue weighted by molar-refractivity contribution is -0.136. The smallest absolute Gasteiger partial charge is 0.305 e. The van der Waals surface area contributed by atoms with Crippen molar-refractivity contribution in [2.24, 2.45) is 0 Å². The molecular formula is C33H29Cl2N3O4. The van der Waals surface area contributed by atoms with Crippen LogP contribution in [-0.2, 0) is 11.3 Å². The minimum absolute atomic E-state index is 0.0718. The molecule has 0 aliphatic heterocycles. The molecule has 0 fully saturated rings. The van der Waals surface area contributed by atoms with Crippen LogP contribution in [0.4, 0.5) is 0 Å². The topological polar surface area (TPSA) is 93.5 Å². The van der Waals surface area contributed by atoms with Crippen molar-refractivity contribution >= 4 is 40.7 Å². The number of nitrogens with one attached hydrogen (secondary N) is 1. The van der Waals surface area contributed by atoms with E-state index in [0.717, 1.165) is 45.0 Å². The predicted octanol–water partition coefficient (Wildman–Crippen LogP) is 7.00. The van der Waals surface area contributed by atoms with Crippen molar-refractivity contribution in [2.75, 3.05) is 13.7 Å². The molecule has 0 unspecified atom stereocenters. The fraction of sp³-hybridized carbons (Fsp3) is 0.182. The second-order valence-corrected chi connectivity index (χ2v) is 10.9. The minimum Gasteiger partial charge on any atom is -0.497 e. The van der Waals surface area contributed by atoms with Crippen LogP contribution in [0.1, 0.15) is 34.5 Å². The molecule has 1 aromatic heterocycles. The highest BCUT2D eigenvalue weighted by atomic mass is 35.5. The summed E-state index contributed by atoms with van der Waals surface area (Å²) in [7, 11) is 1.65. The summed E-state index contributed by atoms with van der Waals surface area (Å²) < 4.78 is 7.36. The van der Waals surface area contributed by atoms with E-state index in [9.17, 15) is 9.59 Å². The number of carbonyl (C=O) groups excluding carboxylic acids is 1. The molecule has 0 bridgehead atoms. The number of carboxylic acid groups (broad SMARTS) is 1. The van der Waals surface area contributed by atoms with Crippen molar-refractivity contribution < 1.29 is 19.4 Å². The molecule has 9 heteroatoms. The van der Waals surface area contributed by atoms with Gasteiger partial charge in [0.1, 0.15) is 5.75 Å². The van der Waals surface area contributed by atoms with E-state index in [4.69, 9.17) is 38.1 Å².